The van der Waals surface area contributed by atoms with E-state index >= 15 is 0 Å². The van der Waals surface area contributed by atoms with E-state index in [4.69, 9.17) is 4.42 Å². The number of anilines is 1. The van der Waals surface area contributed by atoms with Crippen molar-refractivity contribution in [3.63, 3.8) is 0 Å². The summed E-state index contributed by atoms with van der Waals surface area (Å²) < 4.78 is 31.8. The van der Waals surface area contributed by atoms with Crippen molar-refractivity contribution in [3.8, 4) is 6.07 Å². The summed E-state index contributed by atoms with van der Waals surface area (Å²) in [6.45, 7) is 0.381. The zero-order chi connectivity index (χ0) is 18.9. The number of hydrogen-bond donors (Lipinski definition) is 1. The molecule has 0 fully saturated rings. The Hall–Kier alpha value is -2.34. The van der Waals surface area contributed by atoms with Gasteiger partial charge < -0.3 is 9.73 Å². The van der Waals surface area contributed by atoms with Crippen LogP contribution in [-0.2, 0) is 16.6 Å². The fourth-order valence-electron chi connectivity index (χ4n) is 2.53. The number of nitrogens with zero attached hydrogens (tertiary/aromatic N) is 2. The molecule has 2 aromatic carbocycles. The van der Waals surface area contributed by atoms with E-state index < -0.39 is 10.0 Å². The molecule has 0 saturated heterocycles. The van der Waals surface area contributed by atoms with E-state index in [0.29, 0.717) is 12.1 Å². The molecule has 0 unspecified atom stereocenters. The normalized spacial score (nSPS) is 11.7. The molecule has 1 heterocycles. The molecule has 0 spiro atoms. The van der Waals surface area contributed by atoms with Crippen LogP contribution in [0.5, 0.6) is 0 Å². The molecule has 1 aromatic heterocycles. The number of nitrogens with one attached hydrogen (secondary N) is 1. The average Bonchev–Trinajstić information content (AvgIpc) is 2.97. The molecule has 3 aromatic rings. The Kier molecular flexibility index (Phi) is 5.05. The average molecular weight is 434 g/mol. The van der Waals surface area contributed by atoms with Crippen molar-refractivity contribution in [2.24, 2.45) is 0 Å². The minimum atomic E-state index is -3.45. The van der Waals surface area contributed by atoms with Gasteiger partial charge in [0, 0.05) is 41.7 Å². The number of furan rings is 1. The summed E-state index contributed by atoms with van der Waals surface area (Å²) in [5, 5.41) is 13.4. The molecular weight excluding hydrogens is 418 g/mol. The molecule has 0 amide bonds. The molecule has 0 radical (unpaired) electrons. The zero-order valence-electron chi connectivity index (χ0n) is 14.2. The number of sulfonamides is 1. The van der Waals surface area contributed by atoms with Crippen molar-refractivity contribution < 1.29 is 12.8 Å². The van der Waals surface area contributed by atoms with Gasteiger partial charge in [-0.25, -0.2) is 12.7 Å². The number of nitriles is 1. The lowest BCUT2D eigenvalue weighted by Crippen LogP contribution is -2.22. The first-order chi connectivity index (χ1) is 12.3. The topological polar surface area (TPSA) is 86.3 Å². The minimum absolute atomic E-state index is 0.225. The first-order valence-corrected chi connectivity index (χ1v) is 9.93. The van der Waals surface area contributed by atoms with Gasteiger partial charge in [0.2, 0.25) is 15.8 Å². The SMILES string of the molecule is CN(C)S(=O)(=O)c1ccc(NCc2c(C#N)oc3ccc(Br)cc23)cc1. The molecule has 0 bridgehead atoms. The molecular formula is C18H16BrN3O3S. The molecule has 26 heavy (non-hydrogen) atoms. The molecule has 8 heteroatoms. The third-order valence-electron chi connectivity index (χ3n) is 3.96. The summed E-state index contributed by atoms with van der Waals surface area (Å²) in [4.78, 5) is 0.225. The van der Waals surface area contributed by atoms with Gasteiger partial charge in [0.05, 0.1) is 4.90 Å². The largest absolute Gasteiger partial charge is 0.445 e. The number of benzene rings is 2. The van der Waals surface area contributed by atoms with Crippen LogP contribution in [0.4, 0.5) is 5.69 Å². The van der Waals surface area contributed by atoms with Crippen LogP contribution < -0.4 is 5.32 Å². The predicted molar refractivity (Wildman–Crippen MR) is 103 cm³/mol. The second kappa shape index (κ2) is 7.11. The van der Waals surface area contributed by atoms with E-state index in [1.807, 2.05) is 18.2 Å². The standard InChI is InChI=1S/C18H16BrN3O3S/c1-22(2)26(23,24)14-6-4-13(5-7-14)21-11-16-15-9-12(19)3-8-17(15)25-18(16)10-20/h3-9,21H,11H2,1-2H3. The van der Waals surface area contributed by atoms with Crippen LogP contribution in [0.25, 0.3) is 11.0 Å². The molecule has 6 nitrogen and oxygen atoms in total. The Morgan fingerprint density at radius 1 is 1.19 bits per heavy atom. The summed E-state index contributed by atoms with van der Waals surface area (Å²) in [6.07, 6.45) is 0. The van der Waals surface area contributed by atoms with E-state index in [-0.39, 0.29) is 10.7 Å². The summed E-state index contributed by atoms with van der Waals surface area (Å²) in [5.74, 6) is 0.261. The van der Waals surface area contributed by atoms with Gasteiger partial charge in [-0.3, -0.25) is 0 Å². The Morgan fingerprint density at radius 2 is 1.88 bits per heavy atom. The first kappa shape index (κ1) is 18.5. The van der Waals surface area contributed by atoms with Crippen LogP contribution in [0.3, 0.4) is 0 Å². The number of fused-ring (bicyclic) bond motifs is 1. The second-order valence-electron chi connectivity index (χ2n) is 5.83. The van der Waals surface area contributed by atoms with Gasteiger partial charge in [-0.05, 0) is 42.5 Å². The van der Waals surface area contributed by atoms with Gasteiger partial charge in [-0.2, -0.15) is 5.26 Å². The lowest BCUT2D eigenvalue weighted by molar-refractivity contribution is 0.521. The van der Waals surface area contributed by atoms with Crippen molar-refractivity contribution in [1.82, 2.24) is 4.31 Å². The van der Waals surface area contributed by atoms with Crippen LogP contribution in [0.15, 0.2) is 56.2 Å². The fourth-order valence-corrected chi connectivity index (χ4v) is 3.80. The van der Waals surface area contributed by atoms with E-state index in [9.17, 15) is 13.7 Å². The minimum Gasteiger partial charge on any atom is -0.445 e. The highest BCUT2D eigenvalue weighted by Gasteiger charge is 2.17. The zero-order valence-corrected chi connectivity index (χ0v) is 16.6. The number of halogens is 1. The Bertz CT molecular complexity index is 1100. The van der Waals surface area contributed by atoms with E-state index in [1.165, 1.54) is 18.4 Å². The maximum atomic E-state index is 12.1. The van der Waals surface area contributed by atoms with Gasteiger partial charge >= 0.3 is 0 Å². The third-order valence-corrected chi connectivity index (χ3v) is 6.28. The first-order valence-electron chi connectivity index (χ1n) is 7.70. The van der Waals surface area contributed by atoms with Crippen LogP contribution in [-0.4, -0.2) is 26.8 Å². The van der Waals surface area contributed by atoms with Crippen LogP contribution >= 0.6 is 15.9 Å². The highest BCUT2D eigenvalue weighted by atomic mass is 79.9. The number of hydrogen-bond acceptors (Lipinski definition) is 5. The maximum Gasteiger partial charge on any atom is 0.242 e. The summed E-state index contributed by atoms with van der Waals surface area (Å²) in [6, 6.07) is 14.1. The second-order valence-corrected chi connectivity index (χ2v) is 8.89. The van der Waals surface area contributed by atoms with Crippen LogP contribution in [0, 0.1) is 11.3 Å². The molecule has 0 aliphatic rings. The lowest BCUT2D eigenvalue weighted by atomic mass is 10.1. The summed E-state index contributed by atoms with van der Waals surface area (Å²) >= 11 is 3.43. The van der Waals surface area contributed by atoms with E-state index in [0.717, 1.165) is 21.1 Å². The van der Waals surface area contributed by atoms with Gasteiger partial charge in [-0.1, -0.05) is 15.9 Å². The van der Waals surface area contributed by atoms with Gasteiger partial charge in [-0.15, -0.1) is 0 Å². The third kappa shape index (κ3) is 3.46. The highest BCUT2D eigenvalue weighted by Crippen LogP contribution is 2.29. The molecule has 3 rings (SSSR count). The summed E-state index contributed by atoms with van der Waals surface area (Å²) in [5.41, 5.74) is 2.15. The van der Waals surface area contributed by atoms with Crippen LogP contribution in [0.2, 0.25) is 0 Å². The maximum absolute atomic E-state index is 12.1. The van der Waals surface area contributed by atoms with Crippen LogP contribution in [0.1, 0.15) is 11.3 Å². The van der Waals surface area contributed by atoms with E-state index in [1.54, 1.807) is 24.3 Å². The smallest absolute Gasteiger partial charge is 0.242 e. The van der Waals surface area contributed by atoms with Crippen molar-refractivity contribution in [2.45, 2.75) is 11.4 Å². The van der Waals surface area contributed by atoms with Gasteiger partial charge in [0.1, 0.15) is 11.7 Å². The Balaban J connectivity index is 1.85. The van der Waals surface area contributed by atoms with Crippen molar-refractivity contribution in [3.05, 3.63) is 58.3 Å². The lowest BCUT2D eigenvalue weighted by Gasteiger charge is -2.12. The molecule has 0 saturated carbocycles. The quantitative estimate of drug-likeness (QED) is 0.658. The number of rotatable bonds is 5. The molecule has 0 atom stereocenters. The van der Waals surface area contributed by atoms with E-state index in [2.05, 4.69) is 27.3 Å². The van der Waals surface area contributed by atoms with Crippen molar-refractivity contribution in [1.29, 1.82) is 5.26 Å². The van der Waals surface area contributed by atoms with Crippen molar-refractivity contribution in [2.75, 3.05) is 19.4 Å². The molecule has 1 N–H and O–H groups in total. The predicted octanol–water partition coefficient (Wildman–Crippen LogP) is 3.93. The Labute approximate surface area is 160 Å². The van der Waals surface area contributed by atoms with Gasteiger partial charge in [0.15, 0.2) is 0 Å². The van der Waals surface area contributed by atoms with Gasteiger partial charge in [0.25, 0.3) is 0 Å². The molecule has 0 aliphatic heterocycles. The van der Waals surface area contributed by atoms with Crippen molar-refractivity contribution >= 4 is 42.6 Å². The Morgan fingerprint density at radius 3 is 2.50 bits per heavy atom. The fraction of sp³-hybridized carbons (Fsp3) is 0.167. The molecule has 0 aliphatic carbocycles. The monoisotopic (exact) mass is 433 g/mol. The summed E-state index contributed by atoms with van der Waals surface area (Å²) in [7, 11) is -0.468. The molecule has 134 valence electrons. The highest BCUT2D eigenvalue weighted by molar-refractivity contribution is 9.10.